The summed E-state index contributed by atoms with van der Waals surface area (Å²) in [6.07, 6.45) is 6.31. The third-order valence-electron chi connectivity index (χ3n) is 10.2. The maximum Gasteiger partial charge on any atom is 0.304 e. The first-order valence-corrected chi connectivity index (χ1v) is 19.5. The second-order valence-corrected chi connectivity index (χ2v) is 15.3. The monoisotopic (exact) mass is 732 g/mol. The summed E-state index contributed by atoms with van der Waals surface area (Å²) in [5.41, 5.74) is 6.93. The van der Waals surface area contributed by atoms with Gasteiger partial charge in [-0.2, -0.15) is 18.0 Å². The van der Waals surface area contributed by atoms with Crippen LogP contribution in [0.4, 0.5) is 5.69 Å². The van der Waals surface area contributed by atoms with Crippen LogP contribution in [0.25, 0.3) is 0 Å². The number of nitriles is 1. The topological polar surface area (TPSA) is 94.7 Å². The smallest absolute Gasteiger partial charge is 0.304 e. The summed E-state index contributed by atoms with van der Waals surface area (Å²) in [6.45, 7) is 1.65. The molecule has 0 bridgehead atoms. The standard InChI is InChI=1S/C44H40N6O3S/c45-29-36-21-22-43-37(27-36)30-50(54(51,52)49-23-25-53-26-24-49)42(28-35-13-5-1-6-14-35)33-47(43)31-41-32-48(34-46-41)44(38-15-7-2-8-16-38,39-17-9-3-10-18-39)40-19-11-4-12-20-40/h1-22,27,32-34H,23-26,28,30-31H2. The van der Waals surface area contributed by atoms with Crippen LogP contribution >= 0.6 is 0 Å². The number of ether oxygens (including phenoxy) is 1. The van der Waals surface area contributed by atoms with Crippen LogP contribution in [-0.4, -0.2) is 52.9 Å². The molecule has 0 N–H and O–H groups in total. The molecule has 0 saturated carbocycles. The number of benzene rings is 5. The van der Waals surface area contributed by atoms with Crippen LogP contribution in [0, 0.1) is 11.3 Å². The molecule has 0 radical (unpaired) electrons. The van der Waals surface area contributed by atoms with Gasteiger partial charge in [0, 0.05) is 37.6 Å². The van der Waals surface area contributed by atoms with E-state index < -0.39 is 15.7 Å². The van der Waals surface area contributed by atoms with Crippen LogP contribution in [0.2, 0.25) is 0 Å². The summed E-state index contributed by atoms with van der Waals surface area (Å²) in [6, 6.07) is 49.0. The maximum absolute atomic E-state index is 14.5. The third-order valence-corrected chi connectivity index (χ3v) is 12.1. The minimum Gasteiger partial charge on any atom is -0.379 e. The van der Waals surface area contributed by atoms with E-state index in [4.69, 9.17) is 9.72 Å². The molecule has 1 saturated heterocycles. The summed E-state index contributed by atoms with van der Waals surface area (Å²) in [7, 11) is -3.95. The lowest BCUT2D eigenvalue weighted by molar-refractivity contribution is 0.0706. The van der Waals surface area contributed by atoms with E-state index in [9.17, 15) is 13.7 Å². The van der Waals surface area contributed by atoms with Gasteiger partial charge in [-0.25, -0.2) is 4.98 Å². The zero-order chi connectivity index (χ0) is 37.0. The summed E-state index contributed by atoms with van der Waals surface area (Å²) in [4.78, 5) is 7.10. The zero-order valence-electron chi connectivity index (χ0n) is 29.8. The van der Waals surface area contributed by atoms with E-state index in [0.29, 0.717) is 37.4 Å². The molecule has 0 aliphatic carbocycles. The highest BCUT2D eigenvalue weighted by atomic mass is 32.2. The molecule has 6 aromatic rings. The lowest BCUT2D eigenvalue weighted by Crippen LogP contribution is -2.48. The van der Waals surface area contributed by atoms with E-state index in [1.807, 2.05) is 67.1 Å². The van der Waals surface area contributed by atoms with Crippen molar-refractivity contribution in [3.8, 4) is 6.07 Å². The van der Waals surface area contributed by atoms with E-state index in [-0.39, 0.29) is 19.6 Å². The van der Waals surface area contributed by atoms with Crippen LogP contribution in [0.1, 0.15) is 39.1 Å². The van der Waals surface area contributed by atoms with E-state index >= 15 is 0 Å². The number of aromatic nitrogens is 2. The van der Waals surface area contributed by atoms with Crippen molar-refractivity contribution >= 4 is 15.9 Å². The molecule has 10 heteroatoms. The Morgan fingerprint density at radius 3 is 1.91 bits per heavy atom. The summed E-state index contributed by atoms with van der Waals surface area (Å²) >= 11 is 0. The van der Waals surface area contributed by atoms with Gasteiger partial charge in [0.05, 0.1) is 55.7 Å². The fourth-order valence-electron chi connectivity index (χ4n) is 7.64. The Hall–Kier alpha value is -5.99. The fourth-order valence-corrected chi connectivity index (χ4v) is 9.24. The molecule has 3 heterocycles. The quantitative estimate of drug-likeness (QED) is 0.140. The van der Waals surface area contributed by atoms with Crippen LogP contribution in [0.15, 0.2) is 164 Å². The molecule has 2 aliphatic rings. The van der Waals surface area contributed by atoms with Gasteiger partial charge < -0.3 is 14.2 Å². The van der Waals surface area contributed by atoms with Crippen LogP contribution in [0.5, 0.6) is 0 Å². The Balaban J connectivity index is 1.27. The van der Waals surface area contributed by atoms with Crippen molar-refractivity contribution in [3.05, 3.63) is 203 Å². The lowest BCUT2D eigenvalue weighted by atomic mass is 9.77. The number of fused-ring (bicyclic) bond motifs is 1. The molecule has 0 unspecified atom stereocenters. The average molecular weight is 733 g/mol. The first kappa shape index (κ1) is 35.1. The van der Waals surface area contributed by atoms with Crippen molar-refractivity contribution in [3.63, 3.8) is 0 Å². The number of morpholine rings is 1. The zero-order valence-corrected chi connectivity index (χ0v) is 30.6. The first-order chi connectivity index (χ1) is 26.5. The number of imidazole rings is 1. The number of hydrogen-bond acceptors (Lipinski definition) is 6. The van der Waals surface area contributed by atoms with Crippen LogP contribution in [-0.2, 0) is 40.0 Å². The number of nitrogens with zero attached hydrogens (tertiary/aromatic N) is 6. The predicted molar refractivity (Wildman–Crippen MR) is 209 cm³/mol. The number of allylic oxidation sites excluding steroid dienone is 1. The molecule has 0 spiro atoms. The largest absolute Gasteiger partial charge is 0.379 e. The Bertz CT molecular complexity index is 2290. The molecular formula is C44H40N6O3S. The van der Waals surface area contributed by atoms with Gasteiger partial charge in [0.2, 0.25) is 0 Å². The molecule has 0 amide bonds. The Labute approximate surface area is 316 Å². The van der Waals surface area contributed by atoms with Crippen molar-refractivity contribution in [1.82, 2.24) is 18.2 Å². The van der Waals surface area contributed by atoms with Gasteiger partial charge in [-0.05, 0) is 46.0 Å². The van der Waals surface area contributed by atoms with Gasteiger partial charge in [0.1, 0.15) is 5.54 Å². The second-order valence-electron chi connectivity index (χ2n) is 13.5. The number of hydrogen-bond donors (Lipinski definition) is 0. The molecule has 54 heavy (non-hydrogen) atoms. The highest BCUT2D eigenvalue weighted by molar-refractivity contribution is 7.86. The second kappa shape index (κ2) is 15.2. The molecule has 270 valence electrons. The van der Waals surface area contributed by atoms with E-state index in [1.165, 1.54) is 8.61 Å². The molecule has 1 fully saturated rings. The molecular weight excluding hydrogens is 693 g/mol. The van der Waals surface area contributed by atoms with Gasteiger partial charge in [-0.15, -0.1) is 0 Å². The summed E-state index contributed by atoms with van der Waals surface area (Å²) in [5.74, 6) is 0. The predicted octanol–water partition coefficient (Wildman–Crippen LogP) is 7.08. The summed E-state index contributed by atoms with van der Waals surface area (Å²) < 4.78 is 39.7. The summed E-state index contributed by atoms with van der Waals surface area (Å²) in [5, 5.41) is 9.90. The van der Waals surface area contributed by atoms with Gasteiger partial charge in [-0.1, -0.05) is 121 Å². The van der Waals surface area contributed by atoms with Gasteiger partial charge in [0.25, 0.3) is 0 Å². The SMILES string of the molecule is N#Cc1ccc2c(c1)CN(S(=O)(=O)N1CCOCC1)C(Cc1ccccc1)=CN2Cc1cn(C(c2ccccc2)(c2ccccc2)c2ccccc2)cn1. The van der Waals surface area contributed by atoms with Crippen LogP contribution in [0.3, 0.4) is 0 Å². The minimum absolute atomic E-state index is 0.0767. The van der Waals surface area contributed by atoms with Gasteiger partial charge in [0.15, 0.2) is 0 Å². The Morgan fingerprint density at radius 2 is 1.33 bits per heavy atom. The number of rotatable bonds is 10. The number of anilines is 1. The highest BCUT2D eigenvalue weighted by Crippen LogP contribution is 2.41. The van der Waals surface area contributed by atoms with Crippen molar-refractivity contribution in [2.75, 3.05) is 31.2 Å². The van der Waals surface area contributed by atoms with E-state index in [0.717, 1.165) is 39.2 Å². The Morgan fingerprint density at radius 1 is 0.759 bits per heavy atom. The third kappa shape index (κ3) is 6.69. The normalized spacial score (nSPS) is 15.2. The van der Waals surface area contributed by atoms with E-state index in [1.54, 1.807) is 12.1 Å². The molecule has 1 aromatic heterocycles. The van der Waals surface area contributed by atoms with E-state index in [2.05, 4.69) is 94.5 Å². The maximum atomic E-state index is 14.5. The molecule has 8 rings (SSSR count). The van der Waals surface area contributed by atoms with Gasteiger partial charge in [-0.3, -0.25) is 4.31 Å². The molecule has 2 aliphatic heterocycles. The highest BCUT2D eigenvalue weighted by Gasteiger charge is 2.39. The van der Waals surface area contributed by atoms with Crippen molar-refractivity contribution in [2.45, 2.75) is 25.0 Å². The van der Waals surface area contributed by atoms with Crippen molar-refractivity contribution in [2.24, 2.45) is 0 Å². The van der Waals surface area contributed by atoms with Crippen LogP contribution < -0.4 is 4.90 Å². The van der Waals surface area contributed by atoms with Crippen molar-refractivity contribution in [1.29, 1.82) is 5.26 Å². The molecule has 9 nitrogen and oxygen atoms in total. The molecule has 0 atom stereocenters. The van der Waals surface area contributed by atoms with Gasteiger partial charge >= 0.3 is 10.2 Å². The minimum atomic E-state index is -3.95. The molecule has 5 aromatic carbocycles. The van der Waals surface area contributed by atoms with Crippen molar-refractivity contribution < 1.29 is 13.2 Å². The average Bonchev–Trinajstić information content (AvgIpc) is 3.63. The Kier molecular flexibility index (Phi) is 9.85. The first-order valence-electron chi connectivity index (χ1n) is 18.1. The fraction of sp³-hybridized carbons (Fsp3) is 0.182. The lowest BCUT2D eigenvalue weighted by Gasteiger charge is -2.37.